The molecule has 1 aliphatic heterocycles. The van der Waals surface area contributed by atoms with Crippen molar-refractivity contribution >= 4 is 88.9 Å². The second-order valence-electron chi connectivity index (χ2n) is 25.6. The van der Waals surface area contributed by atoms with Crippen LogP contribution in [0.15, 0.2) is 51.6 Å². The van der Waals surface area contributed by atoms with Crippen molar-refractivity contribution in [3.8, 4) is 16.9 Å². The Morgan fingerprint density at radius 2 is 1.34 bits per heavy atom. The molecule has 472 valence electrons. The number of ketones is 1. The number of fused-ring (bicyclic) bond motifs is 1. The van der Waals surface area contributed by atoms with E-state index in [1.165, 1.54) is 17.7 Å². The molecule has 5 N–H and O–H groups in total. The van der Waals surface area contributed by atoms with Crippen molar-refractivity contribution in [2.45, 2.75) is 201 Å². The number of benzene rings is 1. The summed E-state index contributed by atoms with van der Waals surface area (Å²) in [6.07, 6.45) is 1.91. The van der Waals surface area contributed by atoms with Crippen molar-refractivity contribution in [1.29, 1.82) is 0 Å². The molecule has 0 bridgehead atoms. The lowest BCUT2D eigenvalue weighted by Crippen LogP contribution is -2.54. The number of aromatic nitrogens is 4. The lowest BCUT2D eigenvalue weighted by atomic mass is 9.89. The number of ether oxygens (including phenoxy) is 5. The van der Waals surface area contributed by atoms with Crippen LogP contribution >= 0.6 is 22.7 Å². The first kappa shape index (κ1) is 70.8. The van der Waals surface area contributed by atoms with Gasteiger partial charge in [0, 0.05) is 35.2 Å². The molecule has 1 aromatic carbocycles. The van der Waals surface area contributed by atoms with Crippen LogP contribution in [0.5, 0.6) is 5.75 Å². The summed E-state index contributed by atoms with van der Waals surface area (Å²) in [6.45, 7) is 34.4. The monoisotopic (exact) mass is 1260 g/mol. The zero-order valence-corrected chi connectivity index (χ0v) is 54.8. The van der Waals surface area contributed by atoms with Crippen molar-refractivity contribution in [2.75, 3.05) is 23.7 Å². The fraction of sp³-hybridized carbons (Fsp3) is 0.589. The number of hydrogen-bond acceptors (Lipinski definition) is 20. The van der Waals surface area contributed by atoms with E-state index in [4.69, 9.17) is 43.6 Å². The number of alkyl carbamates (subject to hydrolysis) is 1. The van der Waals surface area contributed by atoms with Gasteiger partial charge < -0.3 is 48.5 Å². The summed E-state index contributed by atoms with van der Waals surface area (Å²) >= 11 is 1.90. The third-order valence-corrected chi connectivity index (χ3v) is 18.4. The van der Waals surface area contributed by atoms with Gasteiger partial charge in [0.15, 0.2) is 31.2 Å². The largest absolute Gasteiger partial charge is 0.485 e. The summed E-state index contributed by atoms with van der Waals surface area (Å²) in [5, 5.41) is 36.7. The van der Waals surface area contributed by atoms with Crippen molar-refractivity contribution in [1.82, 2.24) is 20.0 Å². The van der Waals surface area contributed by atoms with E-state index in [1.54, 1.807) is 62.3 Å². The molecule has 30 heteroatoms. The predicted octanol–water partition coefficient (Wildman–Crippen LogP) is 10.9. The molecule has 0 saturated heterocycles. The predicted molar refractivity (Wildman–Crippen MR) is 323 cm³/mol. The molecule has 0 radical (unpaired) electrons. The minimum atomic E-state index is -2.32. The summed E-state index contributed by atoms with van der Waals surface area (Å²) in [7, 11) is -2.32. The van der Waals surface area contributed by atoms with E-state index in [9.17, 15) is 38.7 Å². The number of carboxylic acids is 2. The molecule has 86 heavy (non-hydrogen) atoms. The smallest absolute Gasteiger partial charge is 0.413 e. The molecular weight excluding hydrogens is 1170 g/mol. The van der Waals surface area contributed by atoms with Gasteiger partial charge in [-0.3, -0.25) is 15.4 Å². The van der Waals surface area contributed by atoms with Crippen LogP contribution in [0, 0.1) is 0 Å². The molecule has 2 unspecified atom stereocenters. The first-order valence-electron chi connectivity index (χ1n) is 27.5. The second kappa shape index (κ2) is 28.7. The Kier molecular flexibility index (Phi) is 23.6. The zero-order valence-electron chi connectivity index (χ0n) is 52.2. The maximum atomic E-state index is 14.0. The number of carbonyl (C=O) groups is 7. The number of nitrogens with one attached hydrogen (secondary N) is 3. The number of esters is 1. The highest BCUT2D eigenvalue weighted by molar-refractivity contribution is 7.14. The molecule has 4 heterocycles. The lowest BCUT2D eigenvalue weighted by Gasteiger charge is -2.39. The van der Waals surface area contributed by atoms with Crippen molar-refractivity contribution in [3.05, 3.63) is 68.7 Å². The third-order valence-electron chi connectivity index (χ3n) is 12.3. The van der Waals surface area contributed by atoms with Crippen LogP contribution in [-0.2, 0) is 62.1 Å². The van der Waals surface area contributed by atoms with Crippen LogP contribution in [0.4, 0.5) is 24.6 Å². The Morgan fingerprint density at radius 3 is 1.86 bits per heavy atom. The molecule has 0 aliphatic carbocycles. The van der Waals surface area contributed by atoms with Crippen LogP contribution < -0.4 is 25.4 Å². The fourth-order valence-corrected chi connectivity index (χ4v) is 10.2. The molecule has 27 nitrogen and oxygen atoms in total. The number of aryl methyl sites for hydroxylation is 2. The summed E-state index contributed by atoms with van der Waals surface area (Å²) in [6, 6.07) is 5.72. The van der Waals surface area contributed by atoms with E-state index in [0.29, 0.717) is 38.2 Å². The third kappa shape index (κ3) is 22.3. The number of carboxylic acid groups (broad SMARTS) is 2. The molecule has 0 fully saturated rings. The summed E-state index contributed by atoms with van der Waals surface area (Å²) in [5.74, 6) is -4.54. The molecule has 4 aromatic rings. The Morgan fingerprint density at radius 1 is 0.791 bits per heavy atom. The fourth-order valence-electron chi connectivity index (χ4n) is 7.47. The number of amides is 3. The van der Waals surface area contributed by atoms with E-state index >= 15 is 0 Å². The Labute approximate surface area is 509 Å². The Hall–Kier alpha value is -7.66. The topological polar surface area (TPSA) is 356 Å². The number of azide groups is 1. The normalized spacial score (nSPS) is 14.9. The molecule has 0 spiro atoms. The van der Waals surface area contributed by atoms with Crippen LogP contribution in [0.3, 0.4) is 0 Å². The number of carbonyl (C=O) groups excluding carboxylic acids is 5. The van der Waals surface area contributed by atoms with Crippen LogP contribution in [-0.4, -0.2) is 134 Å². The van der Waals surface area contributed by atoms with Gasteiger partial charge in [0.1, 0.15) is 46.1 Å². The highest BCUT2D eigenvalue weighted by Crippen LogP contribution is 2.39. The average molecular weight is 1260 g/mol. The first-order valence-corrected chi connectivity index (χ1v) is 32.1. The maximum Gasteiger partial charge on any atom is 0.413 e. The van der Waals surface area contributed by atoms with Crippen molar-refractivity contribution in [3.63, 3.8) is 0 Å². The summed E-state index contributed by atoms with van der Waals surface area (Å²) in [5.41, 5.74) is 5.62. The SMILES string of the molecule is CC(C)(C)OC(=O)NCC(Cn1cc(-c2ccc3c(c2)CC[C@H](C(C)(O/N=C(\C(=O)O)c2csc(NC(=O)OC(C)(C)C)n2)C(=O)OC(C)(C)C)O3)c[n+]1CCCN=[N+]=[N-])O[Si](C)(C)C(C)(C)C.CC(C)(C)OC(=O)Nc1nc(C(=O)C(=O)O)cs1. The van der Waals surface area contributed by atoms with E-state index in [1.807, 2.05) is 60.7 Å². The summed E-state index contributed by atoms with van der Waals surface area (Å²) in [4.78, 5) is 101. The molecule has 1 aliphatic rings. The average Bonchev–Trinajstić information content (AvgIpc) is 1.33. The highest BCUT2D eigenvalue weighted by Gasteiger charge is 2.51. The van der Waals surface area contributed by atoms with Gasteiger partial charge in [-0.25, -0.2) is 38.7 Å². The molecule has 3 amide bonds. The Bertz CT molecular complexity index is 3170. The first-order chi connectivity index (χ1) is 39.5. The number of hydrogen-bond donors (Lipinski definition) is 5. The van der Waals surface area contributed by atoms with Gasteiger partial charge in [-0.05, 0) is 150 Å². The number of anilines is 2. The number of thiazole rings is 2. The zero-order chi connectivity index (χ0) is 65.0. The number of aliphatic carboxylic acids is 2. The Balaban J connectivity index is 0.000000749. The van der Waals surface area contributed by atoms with E-state index in [2.05, 4.69) is 75.0 Å². The molecule has 3 atom stereocenters. The molecule has 5 rings (SSSR count). The highest BCUT2D eigenvalue weighted by atomic mass is 32.1. The maximum absolute atomic E-state index is 14.0. The number of rotatable bonds is 21. The lowest BCUT2D eigenvalue weighted by molar-refractivity contribution is -0.775. The summed E-state index contributed by atoms with van der Waals surface area (Å²) < 4.78 is 39.0. The second-order valence-corrected chi connectivity index (χ2v) is 32.0. The van der Waals surface area contributed by atoms with Crippen LogP contribution in [0.1, 0.15) is 145 Å². The van der Waals surface area contributed by atoms with Crippen molar-refractivity contribution < 1.29 is 81.4 Å². The van der Waals surface area contributed by atoms with E-state index in [-0.39, 0.29) is 39.7 Å². The van der Waals surface area contributed by atoms with Crippen LogP contribution in [0.25, 0.3) is 21.6 Å². The van der Waals surface area contributed by atoms with Gasteiger partial charge in [-0.1, -0.05) is 37.1 Å². The molecule has 0 saturated carbocycles. The van der Waals surface area contributed by atoms with Crippen molar-refractivity contribution in [2.24, 2.45) is 10.3 Å². The quantitative estimate of drug-likeness (QED) is 0.00421. The van der Waals surface area contributed by atoms with E-state index in [0.717, 1.165) is 39.4 Å². The minimum absolute atomic E-state index is 0.0637. The molecular formula is C56H82N11O16S2Si+. The number of oxime groups is 1. The van der Waals surface area contributed by atoms with Crippen LogP contribution in [0.2, 0.25) is 18.1 Å². The number of Topliss-reactive ketones (excluding diaryl/α,β-unsaturated/α-hetero) is 1. The minimum Gasteiger partial charge on any atom is -0.485 e. The molecule has 3 aromatic heterocycles. The van der Waals surface area contributed by atoms with Gasteiger partial charge in [-0.15, -0.1) is 27.4 Å². The van der Waals surface area contributed by atoms with Gasteiger partial charge in [-0.2, -0.15) is 4.68 Å². The van der Waals surface area contributed by atoms with Gasteiger partial charge in [0.25, 0.3) is 11.4 Å². The standard InChI is InChI=1S/C46H69N9O11SSi.C10H12N2O5S/c1-42(2,3)62-38(58)46(13,66-52-36(37(56)57)33-28-67-39(50-33)51-41(60)64-44(7,8)9)35-20-18-30-23-29(17-19-34(30)61-35)31-25-54(22-16-21-49-53-47)55(26-31)27-32(65-68(14,15)45(10,11)12)24-48-40(59)63-43(4,5)6;1-10(2,3)17-9(16)12-8-11-5(4-18-8)6(13)7(14)15/h17,19,23,25-26,28,32,35H,16,18,20-22,24,27H2,1-15H3,(H2-,48,50,51,56,57,59,60);4H,1-3H3,(H,14,15)(H,11,12,16)/p+1/b52-36-;/t32?,35-,46?;/m1./s1. The van der Waals surface area contributed by atoms with Gasteiger partial charge in [0.2, 0.25) is 11.9 Å². The van der Waals surface area contributed by atoms with Gasteiger partial charge in [0.05, 0.1) is 17.9 Å². The van der Waals surface area contributed by atoms with E-state index < -0.39 is 96.2 Å². The van der Waals surface area contributed by atoms with Gasteiger partial charge >= 0.3 is 36.2 Å². The number of nitrogens with zero attached hydrogens (tertiary/aromatic N) is 8.